The molecule has 1 amide bonds. The Kier molecular flexibility index (Phi) is 6.58. The monoisotopic (exact) mass is 467 g/mol. The van der Waals surface area contributed by atoms with E-state index in [0.29, 0.717) is 30.3 Å². The number of carbonyl (C=O) groups is 2. The molecule has 0 radical (unpaired) electrons. The standard InChI is InChI=1S/C30H33N3O2/c1-31(2)19-18-29(34)28-17-16-26-21-33(27-11-7-6-10-25(27)20-32(26)28)30(35)24-14-12-23(13-15-24)22-8-4-3-5-9-22/h6-7,10-19,22H,3-5,8-9,20-21H2,1-2H3/b19-18+. The summed E-state index contributed by atoms with van der Waals surface area (Å²) in [5.74, 6) is 0.566. The zero-order valence-electron chi connectivity index (χ0n) is 20.6. The highest BCUT2D eigenvalue weighted by Gasteiger charge is 2.27. The van der Waals surface area contributed by atoms with E-state index < -0.39 is 0 Å². The molecule has 1 fully saturated rings. The summed E-state index contributed by atoms with van der Waals surface area (Å²) in [6, 6.07) is 20.1. The molecule has 1 aliphatic heterocycles. The Morgan fingerprint density at radius 3 is 2.37 bits per heavy atom. The summed E-state index contributed by atoms with van der Waals surface area (Å²) in [5, 5.41) is 0. The third-order valence-electron chi connectivity index (χ3n) is 7.26. The van der Waals surface area contributed by atoms with Crippen molar-refractivity contribution in [1.29, 1.82) is 0 Å². The predicted octanol–water partition coefficient (Wildman–Crippen LogP) is 6.00. The van der Waals surface area contributed by atoms with Crippen LogP contribution in [0.25, 0.3) is 0 Å². The first-order chi connectivity index (χ1) is 17.0. The molecule has 0 bridgehead atoms. The summed E-state index contributed by atoms with van der Waals surface area (Å²) in [6.07, 6.45) is 9.78. The molecule has 5 nitrogen and oxygen atoms in total. The molecular weight excluding hydrogens is 434 g/mol. The van der Waals surface area contributed by atoms with Gasteiger partial charge in [-0.25, -0.2) is 0 Å². The molecule has 5 heteroatoms. The van der Waals surface area contributed by atoms with Gasteiger partial charge in [0.25, 0.3) is 5.91 Å². The second kappa shape index (κ2) is 9.95. The van der Waals surface area contributed by atoms with Gasteiger partial charge in [0.15, 0.2) is 0 Å². The first-order valence-electron chi connectivity index (χ1n) is 12.6. The molecule has 0 spiro atoms. The fourth-order valence-electron chi connectivity index (χ4n) is 5.35. The highest BCUT2D eigenvalue weighted by atomic mass is 16.2. The maximum Gasteiger partial charge on any atom is 0.258 e. The first kappa shape index (κ1) is 23.2. The Balaban J connectivity index is 1.45. The van der Waals surface area contributed by atoms with E-state index in [9.17, 15) is 9.59 Å². The third-order valence-corrected chi connectivity index (χ3v) is 7.26. The zero-order valence-corrected chi connectivity index (χ0v) is 20.6. The maximum absolute atomic E-state index is 13.8. The summed E-state index contributed by atoms with van der Waals surface area (Å²) in [7, 11) is 3.79. The number of rotatable bonds is 5. The summed E-state index contributed by atoms with van der Waals surface area (Å²) in [4.78, 5) is 30.4. The van der Waals surface area contributed by atoms with Crippen molar-refractivity contribution in [3.63, 3.8) is 0 Å². The predicted molar refractivity (Wildman–Crippen MR) is 140 cm³/mol. The van der Waals surface area contributed by atoms with Crippen molar-refractivity contribution in [3.05, 3.63) is 101 Å². The summed E-state index contributed by atoms with van der Waals surface area (Å²) in [5.41, 5.74) is 5.57. The minimum atomic E-state index is -0.0412. The Morgan fingerprint density at radius 2 is 1.63 bits per heavy atom. The number of ketones is 1. The first-order valence-corrected chi connectivity index (χ1v) is 12.6. The lowest BCUT2D eigenvalue weighted by Gasteiger charge is -2.24. The van der Waals surface area contributed by atoms with Gasteiger partial charge in [-0.15, -0.1) is 0 Å². The van der Waals surface area contributed by atoms with Crippen molar-refractivity contribution in [1.82, 2.24) is 9.47 Å². The van der Waals surface area contributed by atoms with Crippen molar-refractivity contribution < 1.29 is 9.59 Å². The van der Waals surface area contributed by atoms with Crippen molar-refractivity contribution in [2.24, 2.45) is 0 Å². The van der Waals surface area contributed by atoms with Crippen LogP contribution < -0.4 is 4.90 Å². The fourth-order valence-corrected chi connectivity index (χ4v) is 5.35. The van der Waals surface area contributed by atoms with Crippen molar-refractivity contribution in [2.45, 2.75) is 51.1 Å². The van der Waals surface area contributed by atoms with Crippen LogP contribution in [0.3, 0.4) is 0 Å². The van der Waals surface area contributed by atoms with Gasteiger partial charge in [0.05, 0.1) is 18.8 Å². The molecule has 1 saturated carbocycles. The second-order valence-electron chi connectivity index (χ2n) is 9.92. The quantitative estimate of drug-likeness (QED) is 0.341. The van der Waals surface area contributed by atoms with E-state index in [0.717, 1.165) is 16.9 Å². The number of fused-ring (bicyclic) bond motifs is 2. The van der Waals surface area contributed by atoms with Crippen LogP contribution in [0.4, 0.5) is 5.69 Å². The largest absolute Gasteiger partial charge is 0.383 e. The summed E-state index contributed by atoms with van der Waals surface area (Å²) < 4.78 is 2.04. The van der Waals surface area contributed by atoms with Crippen LogP contribution in [0.15, 0.2) is 72.9 Å². The van der Waals surface area contributed by atoms with E-state index >= 15 is 0 Å². The molecule has 0 N–H and O–H groups in total. The molecule has 0 atom stereocenters. The number of hydrogen-bond acceptors (Lipinski definition) is 3. The van der Waals surface area contributed by atoms with Gasteiger partial charge in [-0.05, 0) is 60.2 Å². The molecule has 1 aliphatic carbocycles. The molecule has 5 rings (SSSR count). The van der Waals surface area contributed by atoms with Gasteiger partial charge >= 0.3 is 0 Å². The lowest BCUT2D eigenvalue weighted by atomic mass is 9.84. The number of anilines is 1. The number of carbonyl (C=O) groups excluding carboxylic acids is 2. The van der Waals surface area contributed by atoms with Gasteiger partial charge in [0.2, 0.25) is 5.78 Å². The van der Waals surface area contributed by atoms with Crippen LogP contribution in [0, 0.1) is 0 Å². The Morgan fingerprint density at radius 1 is 0.886 bits per heavy atom. The van der Waals surface area contributed by atoms with Crippen molar-refractivity contribution in [2.75, 3.05) is 19.0 Å². The summed E-state index contributed by atoms with van der Waals surface area (Å²) >= 11 is 0. The van der Waals surface area contributed by atoms with E-state index in [4.69, 9.17) is 0 Å². The molecule has 1 aromatic heterocycles. The molecule has 2 aromatic carbocycles. The van der Waals surface area contributed by atoms with Gasteiger partial charge in [-0.3, -0.25) is 9.59 Å². The average Bonchev–Trinajstić information content (AvgIpc) is 3.20. The van der Waals surface area contributed by atoms with Crippen LogP contribution in [-0.2, 0) is 13.1 Å². The van der Waals surface area contributed by atoms with Crippen LogP contribution in [0.5, 0.6) is 0 Å². The SMILES string of the molecule is CN(C)/C=C/C(=O)c1ccc2n1Cc1ccccc1N(C(=O)c1ccc(C3CCCCC3)cc1)C2. The number of allylic oxidation sites excluding steroid dienone is 1. The lowest BCUT2D eigenvalue weighted by Crippen LogP contribution is -2.30. The van der Waals surface area contributed by atoms with Crippen molar-refractivity contribution in [3.8, 4) is 0 Å². The normalized spacial score (nSPS) is 16.0. The minimum absolute atomic E-state index is 0.0114. The van der Waals surface area contributed by atoms with E-state index in [2.05, 4.69) is 12.1 Å². The van der Waals surface area contributed by atoms with Gasteiger partial charge in [0.1, 0.15) is 0 Å². The molecule has 0 unspecified atom stereocenters. The molecule has 3 aromatic rings. The third kappa shape index (κ3) is 4.81. The maximum atomic E-state index is 13.8. The Hall–Kier alpha value is -3.60. The van der Waals surface area contributed by atoms with E-state index in [1.807, 2.05) is 77.0 Å². The highest BCUT2D eigenvalue weighted by molar-refractivity contribution is 6.07. The zero-order chi connectivity index (χ0) is 24.4. The van der Waals surface area contributed by atoms with Gasteiger partial charge in [-0.2, -0.15) is 0 Å². The average molecular weight is 468 g/mol. The van der Waals surface area contributed by atoms with Crippen molar-refractivity contribution >= 4 is 17.4 Å². The van der Waals surface area contributed by atoms with E-state index in [-0.39, 0.29) is 11.7 Å². The van der Waals surface area contributed by atoms with Crippen LogP contribution in [0.1, 0.15) is 75.7 Å². The Labute approximate surface area is 207 Å². The number of benzene rings is 2. The van der Waals surface area contributed by atoms with Crippen LogP contribution >= 0.6 is 0 Å². The minimum Gasteiger partial charge on any atom is -0.383 e. The fraction of sp³-hybridized carbons (Fsp3) is 0.333. The molecular formula is C30H33N3O2. The van der Waals surface area contributed by atoms with E-state index in [1.54, 1.807) is 12.3 Å². The van der Waals surface area contributed by atoms with E-state index in [1.165, 1.54) is 37.7 Å². The Bertz CT molecular complexity index is 1250. The second-order valence-corrected chi connectivity index (χ2v) is 9.92. The lowest BCUT2D eigenvalue weighted by molar-refractivity contribution is 0.0984. The number of hydrogen-bond donors (Lipinski definition) is 0. The van der Waals surface area contributed by atoms with Gasteiger partial charge in [0, 0.05) is 43.3 Å². The van der Waals surface area contributed by atoms with Gasteiger partial charge in [-0.1, -0.05) is 49.6 Å². The molecule has 35 heavy (non-hydrogen) atoms. The van der Waals surface area contributed by atoms with Gasteiger partial charge < -0.3 is 14.4 Å². The molecule has 180 valence electrons. The molecule has 2 aliphatic rings. The molecule has 2 heterocycles. The smallest absolute Gasteiger partial charge is 0.258 e. The highest BCUT2D eigenvalue weighted by Crippen LogP contribution is 2.34. The summed E-state index contributed by atoms with van der Waals surface area (Å²) in [6.45, 7) is 0.977. The topological polar surface area (TPSA) is 45.6 Å². The number of amides is 1. The van der Waals surface area contributed by atoms with Crippen LogP contribution in [0.2, 0.25) is 0 Å². The number of para-hydroxylation sites is 1. The number of aromatic nitrogens is 1. The van der Waals surface area contributed by atoms with Crippen LogP contribution in [-0.4, -0.2) is 35.3 Å². The molecule has 0 saturated heterocycles. The number of nitrogens with zero attached hydrogens (tertiary/aromatic N) is 3.